The predicted molar refractivity (Wildman–Crippen MR) is 209 cm³/mol. The molecule has 0 saturated carbocycles. The van der Waals surface area contributed by atoms with Crippen molar-refractivity contribution in [2.45, 2.75) is 194 Å². The van der Waals surface area contributed by atoms with Crippen molar-refractivity contribution in [3.63, 3.8) is 0 Å². The Morgan fingerprint density at radius 3 is 1.34 bits per heavy atom. The number of carbonyl (C=O) groups is 3. The maximum absolute atomic E-state index is 13.2. The van der Waals surface area contributed by atoms with E-state index in [-0.39, 0.29) is 24.7 Å². The van der Waals surface area contributed by atoms with E-state index < -0.39 is 20.9 Å². The van der Waals surface area contributed by atoms with Crippen LogP contribution in [0.15, 0.2) is 0 Å². The van der Waals surface area contributed by atoms with Crippen molar-refractivity contribution < 1.29 is 27.7 Å². The zero-order valence-electron chi connectivity index (χ0n) is 33.2. The van der Waals surface area contributed by atoms with Crippen LogP contribution >= 0.6 is 0 Å². The highest BCUT2D eigenvalue weighted by atomic mass is 28.4. The number of rotatable bonds is 37. The van der Waals surface area contributed by atoms with Crippen LogP contribution in [0.25, 0.3) is 0 Å². The zero-order valence-corrected chi connectivity index (χ0v) is 34.2. The van der Waals surface area contributed by atoms with E-state index in [9.17, 15) is 14.4 Å². The van der Waals surface area contributed by atoms with Gasteiger partial charge in [-0.2, -0.15) is 0 Å². The first kappa shape index (κ1) is 48.3. The fourth-order valence-electron chi connectivity index (χ4n) is 6.14. The van der Waals surface area contributed by atoms with Gasteiger partial charge in [-0.1, -0.05) is 129 Å². The van der Waals surface area contributed by atoms with Crippen LogP contribution in [0.4, 0.5) is 4.79 Å². The SMILES string of the molecule is CCCCCCCCCCCCNC(=O)CC[C@H](NC(=O)NCCC[Si](OCC)(OCC)OCC)C(=O)NCCCCCCCCCCCC. The number of hydrogen-bond acceptors (Lipinski definition) is 6. The molecule has 0 spiro atoms. The standard InChI is InChI=1S/C39H80N4O6Si/c1-6-11-13-15-17-19-21-23-25-27-32-40-37(44)31-30-36(38(45)41-33-28-26-24-22-20-18-16-14-12-7-2)43-39(46)42-34-29-35-50(47-8-3,48-9-4)49-10-5/h36H,6-35H2,1-5H3,(H,40,44)(H,41,45)(H2,42,43,46)/t36-/m0/s1. The van der Waals surface area contributed by atoms with Gasteiger partial charge in [0.2, 0.25) is 11.8 Å². The number of amides is 4. The molecule has 0 aliphatic carbocycles. The number of unbranched alkanes of at least 4 members (excludes halogenated alkanes) is 18. The number of hydrogen-bond donors (Lipinski definition) is 4. The fraction of sp³-hybridized carbons (Fsp3) is 0.923. The number of carbonyl (C=O) groups excluding carboxylic acids is 3. The van der Waals surface area contributed by atoms with Crippen LogP contribution in [-0.2, 0) is 22.9 Å². The van der Waals surface area contributed by atoms with E-state index in [0.717, 1.165) is 25.7 Å². The third-order valence-electron chi connectivity index (χ3n) is 9.00. The molecule has 11 heteroatoms. The van der Waals surface area contributed by atoms with Gasteiger partial charge >= 0.3 is 14.8 Å². The minimum atomic E-state index is -2.79. The van der Waals surface area contributed by atoms with E-state index in [1.54, 1.807) is 0 Å². The second kappa shape index (κ2) is 35.7. The van der Waals surface area contributed by atoms with E-state index >= 15 is 0 Å². The lowest BCUT2D eigenvalue weighted by molar-refractivity contribution is -0.124. The Hall–Kier alpha value is -1.69. The van der Waals surface area contributed by atoms with Crippen molar-refractivity contribution in [3.8, 4) is 0 Å². The van der Waals surface area contributed by atoms with Crippen LogP contribution in [0.5, 0.6) is 0 Å². The van der Waals surface area contributed by atoms with Gasteiger partial charge in [0, 0.05) is 51.9 Å². The van der Waals surface area contributed by atoms with Crippen molar-refractivity contribution in [3.05, 3.63) is 0 Å². The molecule has 0 fully saturated rings. The van der Waals surface area contributed by atoms with Gasteiger partial charge in [0.05, 0.1) is 0 Å². The number of urea groups is 1. The molecule has 0 aromatic carbocycles. The van der Waals surface area contributed by atoms with E-state index in [4.69, 9.17) is 13.3 Å². The third-order valence-corrected chi connectivity index (χ3v) is 12.2. The minimum absolute atomic E-state index is 0.0836. The first-order valence-corrected chi connectivity index (χ1v) is 22.8. The van der Waals surface area contributed by atoms with E-state index in [1.807, 2.05) is 20.8 Å². The van der Waals surface area contributed by atoms with Gasteiger partial charge in [-0.05, 0) is 46.5 Å². The van der Waals surface area contributed by atoms with Gasteiger partial charge in [-0.25, -0.2) is 4.79 Å². The fourth-order valence-corrected chi connectivity index (χ4v) is 8.75. The van der Waals surface area contributed by atoms with E-state index in [0.29, 0.717) is 51.9 Å². The monoisotopic (exact) mass is 729 g/mol. The van der Waals surface area contributed by atoms with Crippen molar-refractivity contribution in [1.82, 2.24) is 21.3 Å². The summed E-state index contributed by atoms with van der Waals surface area (Å²) in [5.41, 5.74) is 0. The van der Waals surface area contributed by atoms with Crippen molar-refractivity contribution in [2.75, 3.05) is 39.5 Å². The van der Waals surface area contributed by atoms with Gasteiger partial charge in [0.25, 0.3) is 0 Å². The van der Waals surface area contributed by atoms with Crippen molar-refractivity contribution in [1.29, 1.82) is 0 Å². The molecule has 4 amide bonds. The average molecular weight is 729 g/mol. The quantitative estimate of drug-likeness (QED) is 0.0374. The molecule has 0 aliphatic rings. The highest BCUT2D eigenvalue weighted by Gasteiger charge is 2.39. The van der Waals surface area contributed by atoms with Crippen LogP contribution in [0.3, 0.4) is 0 Å². The van der Waals surface area contributed by atoms with E-state index in [2.05, 4.69) is 35.1 Å². The topological polar surface area (TPSA) is 127 Å². The Morgan fingerprint density at radius 1 is 0.500 bits per heavy atom. The summed E-state index contributed by atoms with van der Waals surface area (Å²) in [6.07, 6.45) is 25.8. The predicted octanol–water partition coefficient (Wildman–Crippen LogP) is 8.95. The van der Waals surface area contributed by atoms with Crippen LogP contribution in [0.1, 0.15) is 182 Å². The summed E-state index contributed by atoms with van der Waals surface area (Å²) in [5, 5.41) is 11.7. The molecule has 0 radical (unpaired) electrons. The maximum Gasteiger partial charge on any atom is 0.500 e. The largest absolute Gasteiger partial charge is 0.500 e. The molecule has 0 heterocycles. The Labute approximate surface area is 308 Å². The summed E-state index contributed by atoms with van der Waals surface area (Å²) >= 11 is 0. The third kappa shape index (κ3) is 28.9. The second-order valence-corrected chi connectivity index (χ2v) is 16.3. The molecule has 10 nitrogen and oxygen atoms in total. The minimum Gasteiger partial charge on any atom is -0.374 e. The molecule has 0 saturated heterocycles. The van der Waals surface area contributed by atoms with Gasteiger partial charge in [0.15, 0.2) is 0 Å². The summed E-state index contributed by atoms with van der Waals surface area (Å²) in [7, 11) is -2.79. The Bertz CT molecular complexity index is 790. The second-order valence-electron chi connectivity index (χ2n) is 13.6. The van der Waals surface area contributed by atoms with Crippen LogP contribution < -0.4 is 21.3 Å². The molecule has 0 aromatic rings. The smallest absolute Gasteiger partial charge is 0.374 e. The summed E-state index contributed by atoms with van der Waals surface area (Å²) in [6, 6.07) is -0.624. The summed E-state index contributed by atoms with van der Waals surface area (Å²) in [6.45, 7) is 13.4. The molecular formula is C39H80N4O6Si. The Kier molecular flexibility index (Phi) is 34.5. The highest BCUT2D eigenvalue weighted by Crippen LogP contribution is 2.18. The summed E-state index contributed by atoms with van der Waals surface area (Å²) < 4.78 is 17.7. The van der Waals surface area contributed by atoms with Gasteiger partial charge in [0.1, 0.15) is 6.04 Å². The molecular weight excluding hydrogens is 649 g/mol. The van der Waals surface area contributed by atoms with Crippen LogP contribution in [0, 0.1) is 0 Å². The number of nitrogens with one attached hydrogen (secondary N) is 4. The molecule has 0 bridgehead atoms. The first-order chi connectivity index (χ1) is 24.4. The molecule has 0 unspecified atom stereocenters. The normalized spacial score (nSPS) is 12.1. The lowest BCUT2D eigenvalue weighted by Gasteiger charge is -2.28. The lowest BCUT2D eigenvalue weighted by atomic mass is 10.1. The molecule has 50 heavy (non-hydrogen) atoms. The molecule has 0 rings (SSSR count). The summed E-state index contributed by atoms with van der Waals surface area (Å²) in [4.78, 5) is 38.7. The molecule has 296 valence electrons. The van der Waals surface area contributed by atoms with Crippen LogP contribution in [-0.4, -0.2) is 72.1 Å². The molecule has 0 aromatic heterocycles. The van der Waals surface area contributed by atoms with Crippen LogP contribution in [0.2, 0.25) is 6.04 Å². The first-order valence-electron chi connectivity index (χ1n) is 20.9. The summed E-state index contributed by atoms with van der Waals surface area (Å²) in [5.74, 6) is -0.325. The maximum atomic E-state index is 13.2. The highest BCUT2D eigenvalue weighted by molar-refractivity contribution is 6.60. The molecule has 4 N–H and O–H groups in total. The lowest BCUT2D eigenvalue weighted by Crippen LogP contribution is -2.51. The Balaban J connectivity index is 4.68. The van der Waals surface area contributed by atoms with Gasteiger partial charge in [-0.3, -0.25) is 9.59 Å². The Morgan fingerprint density at radius 2 is 0.900 bits per heavy atom. The van der Waals surface area contributed by atoms with Crippen molar-refractivity contribution in [2.24, 2.45) is 0 Å². The van der Waals surface area contributed by atoms with Gasteiger partial charge in [-0.15, -0.1) is 0 Å². The average Bonchev–Trinajstić information content (AvgIpc) is 3.10. The zero-order chi connectivity index (χ0) is 37.0. The van der Waals surface area contributed by atoms with Crippen molar-refractivity contribution >= 4 is 26.6 Å². The molecule has 0 aliphatic heterocycles. The molecule has 1 atom stereocenters. The van der Waals surface area contributed by atoms with E-state index in [1.165, 1.54) is 103 Å². The van der Waals surface area contributed by atoms with Gasteiger partial charge < -0.3 is 34.5 Å².